The van der Waals surface area contributed by atoms with E-state index in [2.05, 4.69) is 22.1 Å². The standard InChI is InChI=1S/C18H23N3O2/c1-3-13(2)20-18(22)16-12-19-17(21-8-10-23-11-9-21)15-7-5-4-6-14(15)16/h4-7,12-13H,3,8-11H2,1-2H3,(H,20,22)/t13-/m0/s1. The first kappa shape index (κ1) is 15.7. The molecule has 1 amide bonds. The molecule has 23 heavy (non-hydrogen) atoms. The minimum atomic E-state index is -0.0587. The summed E-state index contributed by atoms with van der Waals surface area (Å²) in [5, 5.41) is 4.99. The number of hydrogen-bond acceptors (Lipinski definition) is 4. The molecule has 3 rings (SSSR count). The molecule has 1 aliphatic rings. The Hall–Kier alpha value is -2.14. The van der Waals surface area contributed by atoms with Gasteiger partial charge in [-0.05, 0) is 18.7 Å². The smallest absolute Gasteiger partial charge is 0.253 e. The van der Waals surface area contributed by atoms with Crippen molar-refractivity contribution in [3.05, 3.63) is 36.0 Å². The molecule has 122 valence electrons. The lowest BCUT2D eigenvalue weighted by molar-refractivity contribution is 0.0940. The topological polar surface area (TPSA) is 54.5 Å². The fourth-order valence-electron chi connectivity index (χ4n) is 2.79. The number of rotatable bonds is 4. The van der Waals surface area contributed by atoms with Crippen LogP contribution >= 0.6 is 0 Å². The number of anilines is 1. The quantitative estimate of drug-likeness (QED) is 0.942. The predicted molar refractivity (Wildman–Crippen MR) is 92.0 cm³/mol. The molecule has 5 heteroatoms. The molecule has 1 atom stereocenters. The Morgan fingerprint density at radius 1 is 1.30 bits per heavy atom. The number of morpholine rings is 1. The Bertz CT molecular complexity index is 696. The highest BCUT2D eigenvalue weighted by molar-refractivity contribution is 6.09. The van der Waals surface area contributed by atoms with E-state index in [0.29, 0.717) is 18.8 Å². The molecule has 0 bridgehead atoms. The summed E-state index contributed by atoms with van der Waals surface area (Å²) in [6.45, 7) is 7.15. The lowest BCUT2D eigenvalue weighted by Gasteiger charge is -2.29. The molecule has 1 aromatic heterocycles. The van der Waals surface area contributed by atoms with Crippen LogP contribution in [0, 0.1) is 0 Å². The van der Waals surface area contributed by atoms with Crippen LogP contribution in [-0.4, -0.2) is 43.2 Å². The Morgan fingerprint density at radius 2 is 2.00 bits per heavy atom. The normalized spacial score (nSPS) is 16.3. The second-order valence-corrected chi connectivity index (χ2v) is 5.92. The van der Waals surface area contributed by atoms with Crippen molar-refractivity contribution in [3.8, 4) is 0 Å². The first-order valence-corrected chi connectivity index (χ1v) is 8.22. The van der Waals surface area contributed by atoms with Crippen molar-refractivity contribution in [3.63, 3.8) is 0 Å². The summed E-state index contributed by atoms with van der Waals surface area (Å²) < 4.78 is 5.42. The molecule has 0 saturated carbocycles. The zero-order valence-corrected chi connectivity index (χ0v) is 13.7. The van der Waals surface area contributed by atoms with Gasteiger partial charge in [-0.3, -0.25) is 4.79 Å². The fourth-order valence-corrected chi connectivity index (χ4v) is 2.79. The number of carbonyl (C=O) groups excluding carboxylic acids is 1. The Balaban J connectivity index is 2.00. The molecule has 1 fully saturated rings. The van der Waals surface area contributed by atoms with E-state index in [1.807, 2.05) is 31.2 Å². The average molecular weight is 313 g/mol. The van der Waals surface area contributed by atoms with Gasteiger partial charge in [-0.15, -0.1) is 0 Å². The van der Waals surface area contributed by atoms with E-state index in [9.17, 15) is 4.79 Å². The van der Waals surface area contributed by atoms with Gasteiger partial charge in [0.1, 0.15) is 5.82 Å². The van der Waals surface area contributed by atoms with E-state index in [4.69, 9.17) is 4.74 Å². The predicted octanol–water partition coefficient (Wildman–Crippen LogP) is 2.60. The minimum Gasteiger partial charge on any atom is -0.378 e. The molecular formula is C18H23N3O2. The minimum absolute atomic E-state index is 0.0587. The molecule has 5 nitrogen and oxygen atoms in total. The van der Waals surface area contributed by atoms with E-state index in [-0.39, 0.29) is 11.9 Å². The van der Waals surface area contributed by atoms with E-state index in [0.717, 1.165) is 36.1 Å². The summed E-state index contributed by atoms with van der Waals surface area (Å²) in [4.78, 5) is 19.3. The third kappa shape index (κ3) is 3.29. The number of nitrogens with one attached hydrogen (secondary N) is 1. The summed E-state index contributed by atoms with van der Waals surface area (Å²) in [5.74, 6) is 0.876. The van der Waals surface area contributed by atoms with Gasteiger partial charge >= 0.3 is 0 Å². The lowest BCUT2D eigenvalue weighted by Crippen LogP contribution is -2.37. The van der Waals surface area contributed by atoms with Crippen molar-refractivity contribution in [2.75, 3.05) is 31.2 Å². The maximum Gasteiger partial charge on any atom is 0.253 e. The van der Waals surface area contributed by atoms with Gasteiger partial charge in [0.15, 0.2) is 0 Å². The number of carbonyl (C=O) groups is 1. The molecule has 2 aromatic rings. The number of fused-ring (bicyclic) bond motifs is 1. The molecule has 1 aromatic carbocycles. The van der Waals surface area contributed by atoms with Crippen molar-refractivity contribution in [1.82, 2.24) is 10.3 Å². The molecule has 0 radical (unpaired) electrons. The van der Waals surface area contributed by atoms with Gasteiger partial charge in [-0.2, -0.15) is 0 Å². The van der Waals surface area contributed by atoms with Gasteiger partial charge in [0.2, 0.25) is 0 Å². The number of hydrogen-bond donors (Lipinski definition) is 1. The molecule has 0 unspecified atom stereocenters. The molecule has 2 heterocycles. The molecule has 0 aliphatic carbocycles. The van der Waals surface area contributed by atoms with Crippen molar-refractivity contribution >= 4 is 22.5 Å². The summed E-state index contributed by atoms with van der Waals surface area (Å²) in [7, 11) is 0. The number of pyridine rings is 1. The number of aromatic nitrogens is 1. The zero-order chi connectivity index (χ0) is 16.2. The largest absolute Gasteiger partial charge is 0.378 e. The third-order valence-corrected chi connectivity index (χ3v) is 4.32. The summed E-state index contributed by atoms with van der Waals surface area (Å²) in [6.07, 6.45) is 2.60. The molecular weight excluding hydrogens is 290 g/mol. The van der Waals surface area contributed by atoms with Gasteiger partial charge in [-0.1, -0.05) is 31.2 Å². The van der Waals surface area contributed by atoms with Crippen LogP contribution in [-0.2, 0) is 4.74 Å². The van der Waals surface area contributed by atoms with E-state index in [1.165, 1.54) is 0 Å². The zero-order valence-electron chi connectivity index (χ0n) is 13.7. The van der Waals surface area contributed by atoms with Crippen LogP contribution in [0.4, 0.5) is 5.82 Å². The SMILES string of the molecule is CC[C@H](C)NC(=O)c1cnc(N2CCOCC2)c2ccccc12. The molecule has 1 saturated heterocycles. The van der Waals surface area contributed by atoms with E-state index < -0.39 is 0 Å². The average Bonchev–Trinajstić information content (AvgIpc) is 2.61. The van der Waals surface area contributed by atoms with Crippen molar-refractivity contribution in [1.29, 1.82) is 0 Å². The van der Waals surface area contributed by atoms with Crippen molar-refractivity contribution < 1.29 is 9.53 Å². The second kappa shape index (κ2) is 6.96. The number of amides is 1. The van der Waals surface area contributed by atoms with Crippen LogP contribution in [0.15, 0.2) is 30.5 Å². The van der Waals surface area contributed by atoms with Crippen molar-refractivity contribution in [2.45, 2.75) is 26.3 Å². The number of nitrogens with zero attached hydrogens (tertiary/aromatic N) is 2. The van der Waals surface area contributed by atoms with Gasteiger partial charge < -0.3 is 15.0 Å². The summed E-state index contributed by atoms with van der Waals surface area (Å²) >= 11 is 0. The maximum absolute atomic E-state index is 12.5. The van der Waals surface area contributed by atoms with Gasteiger partial charge in [0, 0.05) is 30.7 Å². The van der Waals surface area contributed by atoms with E-state index in [1.54, 1.807) is 6.20 Å². The summed E-state index contributed by atoms with van der Waals surface area (Å²) in [5.41, 5.74) is 0.637. The van der Waals surface area contributed by atoms with Crippen LogP contribution in [0.5, 0.6) is 0 Å². The Kier molecular flexibility index (Phi) is 4.76. The third-order valence-electron chi connectivity index (χ3n) is 4.32. The van der Waals surface area contributed by atoms with Crippen LogP contribution in [0.25, 0.3) is 10.8 Å². The fraction of sp³-hybridized carbons (Fsp3) is 0.444. The first-order valence-electron chi connectivity index (χ1n) is 8.22. The van der Waals surface area contributed by atoms with Crippen LogP contribution in [0.2, 0.25) is 0 Å². The molecule has 0 spiro atoms. The Labute approximate surface area is 136 Å². The monoisotopic (exact) mass is 313 g/mol. The number of ether oxygens (including phenoxy) is 1. The van der Waals surface area contributed by atoms with E-state index >= 15 is 0 Å². The van der Waals surface area contributed by atoms with Crippen LogP contribution in [0.3, 0.4) is 0 Å². The second-order valence-electron chi connectivity index (χ2n) is 5.92. The highest BCUT2D eigenvalue weighted by Gasteiger charge is 2.19. The first-order chi connectivity index (χ1) is 11.2. The number of benzene rings is 1. The molecule has 1 N–H and O–H groups in total. The van der Waals surface area contributed by atoms with Gasteiger partial charge in [-0.25, -0.2) is 4.98 Å². The van der Waals surface area contributed by atoms with Gasteiger partial charge in [0.25, 0.3) is 5.91 Å². The lowest BCUT2D eigenvalue weighted by atomic mass is 10.1. The van der Waals surface area contributed by atoms with Crippen LogP contribution in [0.1, 0.15) is 30.6 Å². The highest BCUT2D eigenvalue weighted by Crippen LogP contribution is 2.27. The van der Waals surface area contributed by atoms with Crippen LogP contribution < -0.4 is 10.2 Å². The van der Waals surface area contributed by atoms with Crippen molar-refractivity contribution in [2.24, 2.45) is 0 Å². The molecule has 1 aliphatic heterocycles. The Morgan fingerprint density at radius 3 is 2.70 bits per heavy atom. The summed E-state index contributed by atoms with van der Waals surface area (Å²) in [6, 6.07) is 8.13. The van der Waals surface area contributed by atoms with Gasteiger partial charge in [0.05, 0.1) is 18.8 Å². The maximum atomic E-state index is 12.5. The highest BCUT2D eigenvalue weighted by atomic mass is 16.5.